The van der Waals surface area contributed by atoms with Gasteiger partial charge in [0.25, 0.3) is 11.8 Å². The second kappa shape index (κ2) is 6.38. The van der Waals surface area contributed by atoms with Gasteiger partial charge in [-0.2, -0.15) is 0 Å². The highest BCUT2D eigenvalue weighted by Crippen LogP contribution is 2.14. The first-order chi connectivity index (χ1) is 9.60. The van der Waals surface area contributed by atoms with Crippen LogP contribution in [0.15, 0.2) is 41.0 Å². The first kappa shape index (κ1) is 14.3. The second-order valence-electron chi connectivity index (χ2n) is 4.12. The van der Waals surface area contributed by atoms with Crippen LogP contribution in [0.1, 0.15) is 27.8 Å². The molecule has 0 fully saturated rings. The lowest BCUT2D eigenvalue weighted by Crippen LogP contribution is -2.22. The summed E-state index contributed by atoms with van der Waals surface area (Å²) in [5.74, 6) is -0.361. The molecule has 2 amide bonds. The summed E-state index contributed by atoms with van der Waals surface area (Å²) in [5, 5.41) is 5.46. The van der Waals surface area contributed by atoms with Crippen LogP contribution < -0.4 is 10.6 Å². The SMILES string of the molecule is CCNC(=O)c1ccc(NC(=O)c2cc(Br)c[nH]2)cc1. The minimum absolute atomic E-state index is 0.126. The van der Waals surface area contributed by atoms with E-state index in [9.17, 15) is 9.59 Å². The maximum absolute atomic E-state index is 11.9. The number of aromatic amines is 1. The van der Waals surface area contributed by atoms with E-state index in [4.69, 9.17) is 0 Å². The molecule has 0 saturated heterocycles. The second-order valence-corrected chi connectivity index (χ2v) is 5.04. The van der Waals surface area contributed by atoms with Gasteiger partial charge in [-0.25, -0.2) is 0 Å². The summed E-state index contributed by atoms with van der Waals surface area (Å²) in [6.07, 6.45) is 1.69. The number of benzene rings is 1. The summed E-state index contributed by atoms with van der Waals surface area (Å²) in [6.45, 7) is 2.44. The molecule has 0 spiro atoms. The highest BCUT2D eigenvalue weighted by molar-refractivity contribution is 9.10. The Labute approximate surface area is 124 Å². The van der Waals surface area contributed by atoms with E-state index < -0.39 is 0 Å². The van der Waals surface area contributed by atoms with Crippen molar-refractivity contribution >= 4 is 33.4 Å². The lowest BCUT2D eigenvalue weighted by atomic mass is 10.2. The molecule has 0 saturated carbocycles. The third-order valence-electron chi connectivity index (χ3n) is 2.63. The zero-order valence-corrected chi connectivity index (χ0v) is 12.5. The fourth-order valence-electron chi connectivity index (χ4n) is 1.66. The van der Waals surface area contributed by atoms with E-state index in [1.165, 1.54) is 0 Å². The average molecular weight is 336 g/mol. The van der Waals surface area contributed by atoms with Crippen LogP contribution >= 0.6 is 15.9 Å². The van der Waals surface area contributed by atoms with Crippen LogP contribution in [0.3, 0.4) is 0 Å². The average Bonchev–Trinajstić information content (AvgIpc) is 2.86. The Kier molecular flexibility index (Phi) is 4.57. The van der Waals surface area contributed by atoms with Crippen LogP contribution in [-0.2, 0) is 0 Å². The molecule has 1 aromatic carbocycles. The molecule has 2 rings (SSSR count). The van der Waals surface area contributed by atoms with E-state index in [-0.39, 0.29) is 11.8 Å². The summed E-state index contributed by atoms with van der Waals surface area (Å²) in [7, 11) is 0. The summed E-state index contributed by atoms with van der Waals surface area (Å²) >= 11 is 3.27. The first-order valence-electron chi connectivity index (χ1n) is 6.13. The van der Waals surface area contributed by atoms with Crippen LogP contribution in [-0.4, -0.2) is 23.3 Å². The van der Waals surface area contributed by atoms with Gasteiger partial charge in [0, 0.05) is 28.5 Å². The monoisotopic (exact) mass is 335 g/mol. The molecule has 0 unspecified atom stereocenters. The molecule has 0 aliphatic rings. The number of halogens is 1. The number of hydrogen-bond donors (Lipinski definition) is 3. The molecule has 0 aliphatic heterocycles. The highest BCUT2D eigenvalue weighted by atomic mass is 79.9. The molecule has 0 radical (unpaired) electrons. The number of anilines is 1. The summed E-state index contributed by atoms with van der Waals surface area (Å²) in [6, 6.07) is 8.43. The van der Waals surface area contributed by atoms with Gasteiger partial charge in [-0.3, -0.25) is 9.59 Å². The molecule has 6 heteroatoms. The van der Waals surface area contributed by atoms with Gasteiger partial charge >= 0.3 is 0 Å². The summed E-state index contributed by atoms with van der Waals surface area (Å²) in [5.41, 5.74) is 1.66. The fraction of sp³-hybridized carbons (Fsp3) is 0.143. The maximum Gasteiger partial charge on any atom is 0.272 e. The minimum atomic E-state index is -0.235. The molecule has 0 aliphatic carbocycles. The van der Waals surface area contributed by atoms with E-state index in [1.54, 1.807) is 36.5 Å². The van der Waals surface area contributed by atoms with Crippen molar-refractivity contribution in [2.24, 2.45) is 0 Å². The molecule has 1 heterocycles. The van der Waals surface area contributed by atoms with Crippen molar-refractivity contribution in [3.8, 4) is 0 Å². The Morgan fingerprint density at radius 1 is 1.20 bits per heavy atom. The third-order valence-corrected chi connectivity index (χ3v) is 3.09. The maximum atomic E-state index is 11.9. The Balaban J connectivity index is 2.04. The standard InChI is InChI=1S/C14H14BrN3O2/c1-2-16-13(19)9-3-5-11(6-4-9)18-14(20)12-7-10(15)8-17-12/h3-8,17H,2H2,1H3,(H,16,19)(H,18,20). The largest absolute Gasteiger partial charge is 0.356 e. The van der Waals surface area contributed by atoms with Crippen molar-refractivity contribution in [1.82, 2.24) is 10.3 Å². The van der Waals surface area contributed by atoms with Gasteiger partial charge in [-0.1, -0.05) is 0 Å². The number of carbonyl (C=O) groups is 2. The van der Waals surface area contributed by atoms with Gasteiger partial charge in [0.05, 0.1) is 0 Å². The predicted octanol–water partition coefficient (Wildman–Crippen LogP) is 2.78. The molecule has 3 N–H and O–H groups in total. The molecule has 0 bridgehead atoms. The van der Waals surface area contributed by atoms with Crippen LogP contribution in [0.25, 0.3) is 0 Å². The van der Waals surface area contributed by atoms with E-state index in [0.717, 1.165) is 4.47 Å². The number of rotatable bonds is 4. The molecule has 20 heavy (non-hydrogen) atoms. The molecule has 0 atom stereocenters. The Morgan fingerprint density at radius 2 is 1.90 bits per heavy atom. The number of aromatic nitrogens is 1. The number of carbonyl (C=O) groups excluding carboxylic acids is 2. The number of hydrogen-bond acceptors (Lipinski definition) is 2. The third kappa shape index (κ3) is 3.48. The van der Waals surface area contributed by atoms with Crippen LogP contribution in [0.2, 0.25) is 0 Å². The van der Waals surface area contributed by atoms with Gasteiger partial charge in [0.2, 0.25) is 0 Å². The van der Waals surface area contributed by atoms with Gasteiger partial charge in [-0.05, 0) is 53.2 Å². The fourth-order valence-corrected chi connectivity index (χ4v) is 2.01. The summed E-state index contributed by atoms with van der Waals surface area (Å²) in [4.78, 5) is 26.3. The molecule has 104 valence electrons. The van der Waals surface area contributed by atoms with E-state index in [1.807, 2.05) is 6.92 Å². The quantitative estimate of drug-likeness (QED) is 0.803. The van der Waals surface area contributed by atoms with Crippen LogP contribution in [0, 0.1) is 0 Å². The molecule has 2 aromatic rings. The topological polar surface area (TPSA) is 74.0 Å². The molecule has 5 nitrogen and oxygen atoms in total. The zero-order chi connectivity index (χ0) is 14.5. The number of amides is 2. The van der Waals surface area contributed by atoms with Gasteiger partial charge in [0.1, 0.15) is 5.69 Å². The zero-order valence-electron chi connectivity index (χ0n) is 10.9. The smallest absolute Gasteiger partial charge is 0.272 e. The van der Waals surface area contributed by atoms with Gasteiger partial charge in [0.15, 0.2) is 0 Å². The van der Waals surface area contributed by atoms with Crippen molar-refractivity contribution < 1.29 is 9.59 Å². The Morgan fingerprint density at radius 3 is 2.45 bits per heavy atom. The van der Waals surface area contributed by atoms with Crippen molar-refractivity contribution in [1.29, 1.82) is 0 Å². The van der Waals surface area contributed by atoms with Gasteiger partial charge < -0.3 is 15.6 Å². The van der Waals surface area contributed by atoms with Crippen LogP contribution in [0.5, 0.6) is 0 Å². The Hall–Kier alpha value is -2.08. The minimum Gasteiger partial charge on any atom is -0.356 e. The van der Waals surface area contributed by atoms with Crippen molar-refractivity contribution in [2.45, 2.75) is 6.92 Å². The molecular formula is C14H14BrN3O2. The number of H-pyrrole nitrogens is 1. The normalized spacial score (nSPS) is 10.1. The van der Waals surface area contributed by atoms with E-state index in [2.05, 4.69) is 31.5 Å². The summed E-state index contributed by atoms with van der Waals surface area (Å²) < 4.78 is 0.814. The van der Waals surface area contributed by atoms with Crippen LogP contribution in [0.4, 0.5) is 5.69 Å². The van der Waals surface area contributed by atoms with Crippen molar-refractivity contribution in [2.75, 3.05) is 11.9 Å². The van der Waals surface area contributed by atoms with E-state index in [0.29, 0.717) is 23.5 Å². The van der Waals surface area contributed by atoms with Crippen molar-refractivity contribution in [3.63, 3.8) is 0 Å². The highest BCUT2D eigenvalue weighted by Gasteiger charge is 2.09. The first-order valence-corrected chi connectivity index (χ1v) is 6.93. The number of nitrogens with one attached hydrogen (secondary N) is 3. The molecule has 1 aromatic heterocycles. The van der Waals surface area contributed by atoms with Gasteiger partial charge in [-0.15, -0.1) is 0 Å². The Bertz CT molecular complexity index is 620. The lowest BCUT2D eigenvalue weighted by Gasteiger charge is -2.05. The predicted molar refractivity (Wildman–Crippen MR) is 80.9 cm³/mol. The molecular weight excluding hydrogens is 322 g/mol. The van der Waals surface area contributed by atoms with E-state index >= 15 is 0 Å². The van der Waals surface area contributed by atoms with Crippen molar-refractivity contribution in [3.05, 3.63) is 52.3 Å². The lowest BCUT2D eigenvalue weighted by molar-refractivity contribution is 0.0955.